The van der Waals surface area contributed by atoms with Crippen LogP contribution in [0.1, 0.15) is 23.2 Å². The van der Waals surface area contributed by atoms with Crippen LogP contribution in [-0.4, -0.2) is 18.4 Å². The van der Waals surface area contributed by atoms with Gasteiger partial charge in [0, 0.05) is 19.0 Å². The Hall–Kier alpha value is -2.97. The average Bonchev–Trinajstić information content (AvgIpc) is 2.59. The summed E-state index contributed by atoms with van der Waals surface area (Å²) in [6.07, 6.45) is -0.0453. The van der Waals surface area contributed by atoms with Gasteiger partial charge in [0.05, 0.1) is 11.3 Å². The SMILES string of the molecule is O=C(CCCNC(=O)c1ccc(F)cc1F)Nc1ccc(F)c(F)c1F. The van der Waals surface area contributed by atoms with Crippen molar-refractivity contribution in [1.29, 1.82) is 0 Å². The van der Waals surface area contributed by atoms with Gasteiger partial charge in [-0.15, -0.1) is 0 Å². The minimum Gasteiger partial charge on any atom is -0.352 e. The highest BCUT2D eigenvalue weighted by Crippen LogP contribution is 2.19. The molecular formula is C17H13F5N2O2. The van der Waals surface area contributed by atoms with Gasteiger partial charge in [-0.3, -0.25) is 9.59 Å². The second-order valence-electron chi connectivity index (χ2n) is 5.25. The van der Waals surface area contributed by atoms with Crippen LogP contribution in [0.5, 0.6) is 0 Å². The van der Waals surface area contributed by atoms with E-state index in [1.807, 2.05) is 0 Å². The summed E-state index contributed by atoms with van der Waals surface area (Å²) in [7, 11) is 0. The second kappa shape index (κ2) is 8.41. The fourth-order valence-electron chi connectivity index (χ4n) is 2.05. The van der Waals surface area contributed by atoms with Gasteiger partial charge in [0.25, 0.3) is 5.91 Å². The van der Waals surface area contributed by atoms with Crippen molar-refractivity contribution in [3.63, 3.8) is 0 Å². The minimum absolute atomic E-state index is 0.0106. The molecule has 0 saturated carbocycles. The van der Waals surface area contributed by atoms with Crippen molar-refractivity contribution in [3.05, 3.63) is 65.0 Å². The summed E-state index contributed by atoms with van der Waals surface area (Å²) in [4.78, 5) is 23.4. The lowest BCUT2D eigenvalue weighted by atomic mass is 10.2. The van der Waals surface area contributed by atoms with Gasteiger partial charge < -0.3 is 10.6 Å². The van der Waals surface area contributed by atoms with Crippen molar-refractivity contribution >= 4 is 17.5 Å². The third-order valence-electron chi connectivity index (χ3n) is 3.35. The maximum atomic E-state index is 13.4. The monoisotopic (exact) mass is 372 g/mol. The fourth-order valence-corrected chi connectivity index (χ4v) is 2.05. The second-order valence-corrected chi connectivity index (χ2v) is 5.25. The first-order valence-corrected chi connectivity index (χ1v) is 7.46. The van der Waals surface area contributed by atoms with Gasteiger partial charge in [0.2, 0.25) is 5.91 Å². The first kappa shape index (κ1) is 19.4. The number of carbonyl (C=O) groups excluding carboxylic acids is 2. The zero-order chi connectivity index (χ0) is 19.3. The lowest BCUT2D eigenvalue weighted by Crippen LogP contribution is -2.26. The van der Waals surface area contributed by atoms with Crippen LogP contribution >= 0.6 is 0 Å². The number of hydrogen-bond donors (Lipinski definition) is 2. The molecule has 0 aliphatic rings. The van der Waals surface area contributed by atoms with Crippen molar-refractivity contribution < 1.29 is 31.5 Å². The molecule has 4 nitrogen and oxygen atoms in total. The zero-order valence-electron chi connectivity index (χ0n) is 13.2. The number of carbonyl (C=O) groups is 2. The Labute approximate surface area is 145 Å². The number of amides is 2. The summed E-state index contributed by atoms with van der Waals surface area (Å²) in [5.74, 6) is -7.90. The number of halogens is 5. The smallest absolute Gasteiger partial charge is 0.254 e. The zero-order valence-corrected chi connectivity index (χ0v) is 13.2. The molecule has 2 N–H and O–H groups in total. The first-order chi connectivity index (χ1) is 12.3. The van der Waals surface area contributed by atoms with Crippen LogP contribution in [0.4, 0.5) is 27.6 Å². The molecule has 0 bridgehead atoms. The Morgan fingerprint density at radius 1 is 0.885 bits per heavy atom. The van der Waals surface area contributed by atoms with Crippen molar-refractivity contribution in [3.8, 4) is 0 Å². The van der Waals surface area contributed by atoms with Crippen molar-refractivity contribution in [2.24, 2.45) is 0 Å². The number of hydrogen-bond acceptors (Lipinski definition) is 2. The number of rotatable bonds is 6. The molecule has 2 aromatic carbocycles. The Kier molecular flexibility index (Phi) is 6.26. The number of benzene rings is 2. The molecule has 0 aliphatic heterocycles. The van der Waals surface area contributed by atoms with Crippen LogP contribution in [0.2, 0.25) is 0 Å². The molecule has 0 atom stereocenters. The summed E-state index contributed by atoms with van der Waals surface area (Å²) < 4.78 is 65.5. The van der Waals surface area contributed by atoms with E-state index in [4.69, 9.17) is 0 Å². The first-order valence-electron chi connectivity index (χ1n) is 7.46. The van der Waals surface area contributed by atoms with E-state index in [1.54, 1.807) is 0 Å². The molecule has 2 amide bonds. The molecule has 26 heavy (non-hydrogen) atoms. The highest BCUT2D eigenvalue weighted by atomic mass is 19.2. The number of nitrogens with one attached hydrogen (secondary N) is 2. The van der Waals surface area contributed by atoms with E-state index in [0.29, 0.717) is 12.1 Å². The van der Waals surface area contributed by atoms with E-state index in [-0.39, 0.29) is 24.9 Å². The maximum Gasteiger partial charge on any atom is 0.254 e. The summed E-state index contributed by atoms with van der Waals surface area (Å²) in [6.45, 7) is -0.0106. The van der Waals surface area contributed by atoms with Crippen molar-refractivity contribution in [1.82, 2.24) is 5.32 Å². The van der Waals surface area contributed by atoms with Crippen molar-refractivity contribution in [2.75, 3.05) is 11.9 Å². The molecule has 0 unspecified atom stereocenters. The summed E-state index contributed by atoms with van der Waals surface area (Å²) >= 11 is 0. The molecule has 0 spiro atoms. The predicted octanol–water partition coefficient (Wildman–Crippen LogP) is 3.53. The number of anilines is 1. The summed E-state index contributed by atoms with van der Waals surface area (Å²) in [5, 5.41) is 4.42. The lowest BCUT2D eigenvalue weighted by molar-refractivity contribution is -0.116. The van der Waals surface area contributed by atoms with E-state index >= 15 is 0 Å². The van der Waals surface area contributed by atoms with E-state index in [0.717, 1.165) is 18.2 Å². The molecular weight excluding hydrogens is 359 g/mol. The lowest BCUT2D eigenvalue weighted by Gasteiger charge is -2.08. The Bertz CT molecular complexity index is 842. The van der Waals surface area contributed by atoms with Gasteiger partial charge in [-0.05, 0) is 30.7 Å². The Morgan fingerprint density at radius 2 is 1.62 bits per heavy atom. The van der Waals surface area contributed by atoms with Crippen LogP contribution in [0, 0.1) is 29.1 Å². The molecule has 0 aromatic heterocycles. The standard InChI is InChI=1S/C17H13F5N2O2/c18-9-3-4-10(12(20)8-9)17(26)23-7-1-2-14(25)24-13-6-5-11(19)15(21)16(13)22/h3-6,8H,1-2,7H2,(H,23,26)(H,24,25). The third kappa shape index (κ3) is 4.78. The van der Waals surface area contributed by atoms with Crippen LogP contribution in [-0.2, 0) is 4.79 Å². The van der Waals surface area contributed by atoms with Crippen LogP contribution in [0.3, 0.4) is 0 Å². The fraction of sp³-hybridized carbons (Fsp3) is 0.176. The van der Waals surface area contributed by atoms with Crippen LogP contribution < -0.4 is 10.6 Å². The average molecular weight is 372 g/mol. The van der Waals surface area contributed by atoms with Gasteiger partial charge in [-0.25, -0.2) is 22.0 Å². The van der Waals surface area contributed by atoms with Crippen LogP contribution in [0.25, 0.3) is 0 Å². The molecule has 0 radical (unpaired) electrons. The molecule has 0 fully saturated rings. The predicted molar refractivity (Wildman–Crippen MR) is 82.9 cm³/mol. The van der Waals surface area contributed by atoms with E-state index in [9.17, 15) is 31.5 Å². The molecule has 2 rings (SSSR count). The van der Waals surface area contributed by atoms with E-state index in [1.165, 1.54) is 0 Å². The molecule has 0 aliphatic carbocycles. The van der Waals surface area contributed by atoms with E-state index < -0.39 is 46.6 Å². The molecule has 138 valence electrons. The quantitative estimate of drug-likeness (QED) is 0.463. The molecule has 2 aromatic rings. The highest BCUT2D eigenvalue weighted by Gasteiger charge is 2.15. The largest absolute Gasteiger partial charge is 0.352 e. The Morgan fingerprint density at radius 3 is 2.31 bits per heavy atom. The maximum absolute atomic E-state index is 13.4. The van der Waals surface area contributed by atoms with Gasteiger partial charge in [0.15, 0.2) is 17.5 Å². The minimum atomic E-state index is -1.70. The van der Waals surface area contributed by atoms with Gasteiger partial charge >= 0.3 is 0 Å². The van der Waals surface area contributed by atoms with Gasteiger partial charge in [0.1, 0.15) is 11.6 Å². The van der Waals surface area contributed by atoms with Gasteiger partial charge in [-0.1, -0.05) is 0 Å². The molecule has 0 saturated heterocycles. The topological polar surface area (TPSA) is 58.2 Å². The molecule has 9 heteroatoms. The third-order valence-corrected chi connectivity index (χ3v) is 3.35. The molecule has 0 heterocycles. The van der Waals surface area contributed by atoms with E-state index in [2.05, 4.69) is 10.6 Å². The summed E-state index contributed by atoms with van der Waals surface area (Å²) in [5.41, 5.74) is -0.856. The summed E-state index contributed by atoms with van der Waals surface area (Å²) in [6, 6.07) is 4.04. The highest BCUT2D eigenvalue weighted by molar-refractivity contribution is 5.94. The normalized spacial score (nSPS) is 10.5. The van der Waals surface area contributed by atoms with Crippen LogP contribution in [0.15, 0.2) is 30.3 Å². The van der Waals surface area contributed by atoms with Crippen molar-refractivity contribution in [2.45, 2.75) is 12.8 Å². The van der Waals surface area contributed by atoms with Gasteiger partial charge in [-0.2, -0.15) is 0 Å². The Balaban J connectivity index is 1.80.